The molecular formula is C10H11NO3. The quantitative estimate of drug-likeness (QED) is 0.558. The Morgan fingerprint density at radius 1 is 1.36 bits per heavy atom. The van der Waals surface area contributed by atoms with Crippen LogP contribution in [0.25, 0.3) is 0 Å². The molecule has 1 aromatic carbocycles. The van der Waals surface area contributed by atoms with Crippen LogP contribution >= 0.6 is 0 Å². The molecule has 1 rings (SSSR count). The minimum absolute atomic E-state index is 0.211. The average molecular weight is 193 g/mol. The van der Waals surface area contributed by atoms with E-state index < -0.39 is 5.97 Å². The van der Waals surface area contributed by atoms with Gasteiger partial charge >= 0.3 is 5.97 Å². The number of carbonyl (C=O) groups is 2. The van der Waals surface area contributed by atoms with Crippen molar-refractivity contribution in [1.29, 1.82) is 0 Å². The molecule has 0 saturated carbocycles. The summed E-state index contributed by atoms with van der Waals surface area (Å²) >= 11 is 0. The summed E-state index contributed by atoms with van der Waals surface area (Å²) in [4.78, 5) is 21.1. The number of benzene rings is 1. The molecule has 0 aliphatic carbocycles. The van der Waals surface area contributed by atoms with Gasteiger partial charge in [0, 0.05) is 6.54 Å². The highest BCUT2D eigenvalue weighted by Gasteiger charge is 2.05. The molecule has 0 atom stereocenters. The van der Waals surface area contributed by atoms with Crippen molar-refractivity contribution >= 4 is 12.3 Å². The molecule has 0 aliphatic rings. The number of aldehydes is 1. The van der Waals surface area contributed by atoms with E-state index >= 15 is 0 Å². The Balaban J connectivity index is 2.66. The third-order valence-electron chi connectivity index (χ3n) is 1.71. The molecule has 0 spiro atoms. The fourth-order valence-corrected chi connectivity index (χ4v) is 0.970. The van der Waals surface area contributed by atoms with E-state index in [9.17, 15) is 9.59 Å². The Morgan fingerprint density at radius 2 is 2.00 bits per heavy atom. The summed E-state index contributed by atoms with van der Waals surface area (Å²) in [6.45, 7) is 0.223. The van der Waals surface area contributed by atoms with Crippen molar-refractivity contribution in [1.82, 2.24) is 0 Å². The van der Waals surface area contributed by atoms with Crippen LogP contribution in [0.5, 0.6) is 0 Å². The second-order valence-electron chi connectivity index (χ2n) is 2.67. The average Bonchev–Trinajstić information content (AvgIpc) is 2.26. The Bertz CT molecular complexity index is 319. The first-order valence-corrected chi connectivity index (χ1v) is 4.17. The zero-order chi connectivity index (χ0) is 10.4. The summed E-state index contributed by atoms with van der Waals surface area (Å²) in [6, 6.07) is 6.74. The summed E-state index contributed by atoms with van der Waals surface area (Å²) in [7, 11) is 0. The first-order valence-electron chi connectivity index (χ1n) is 4.17. The SMILES string of the molecule is NCc1ccc(C(=O)OCC=O)cc1. The number of hydrogen-bond donors (Lipinski definition) is 1. The summed E-state index contributed by atoms with van der Waals surface area (Å²) in [6.07, 6.45) is 0.534. The van der Waals surface area contributed by atoms with Gasteiger partial charge in [-0.15, -0.1) is 0 Å². The van der Waals surface area contributed by atoms with E-state index in [0.717, 1.165) is 5.56 Å². The lowest BCUT2D eigenvalue weighted by atomic mass is 10.1. The van der Waals surface area contributed by atoms with Gasteiger partial charge in [0.2, 0.25) is 0 Å². The van der Waals surface area contributed by atoms with E-state index in [0.29, 0.717) is 18.4 Å². The van der Waals surface area contributed by atoms with Crippen LogP contribution in [0.2, 0.25) is 0 Å². The highest BCUT2D eigenvalue weighted by Crippen LogP contribution is 2.04. The van der Waals surface area contributed by atoms with Crippen LogP contribution < -0.4 is 5.73 Å². The van der Waals surface area contributed by atoms with Gasteiger partial charge in [0.15, 0.2) is 6.29 Å². The van der Waals surface area contributed by atoms with Crippen molar-refractivity contribution in [2.45, 2.75) is 6.54 Å². The van der Waals surface area contributed by atoms with Crippen LogP contribution in [0.1, 0.15) is 15.9 Å². The molecule has 2 N–H and O–H groups in total. The fourth-order valence-electron chi connectivity index (χ4n) is 0.970. The first-order chi connectivity index (χ1) is 6.77. The largest absolute Gasteiger partial charge is 0.454 e. The molecular weight excluding hydrogens is 182 g/mol. The molecule has 14 heavy (non-hydrogen) atoms. The van der Waals surface area contributed by atoms with Crippen molar-refractivity contribution in [2.75, 3.05) is 6.61 Å². The summed E-state index contributed by atoms with van der Waals surface area (Å²) in [5, 5.41) is 0. The molecule has 0 bridgehead atoms. The standard InChI is InChI=1S/C10H11NO3/c11-7-8-1-3-9(4-2-8)10(13)14-6-5-12/h1-5H,6-7,11H2. The summed E-state index contributed by atoms with van der Waals surface area (Å²) < 4.78 is 4.61. The lowest BCUT2D eigenvalue weighted by Crippen LogP contribution is -2.07. The predicted molar refractivity (Wildman–Crippen MR) is 50.7 cm³/mol. The second kappa shape index (κ2) is 5.14. The molecule has 1 aromatic rings. The van der Waals surface area contributed by atoms with Crippen LogP contribution in [-0.2, 0) is 16.1 Å². The Labute approximate surface area is 81.7 Å². The Hall–Kier alpha value is -1.68. The zero-order valence-electron chi connectivity index (χ0n) is 7.60. The molecule has 0 aromatic heterocycles. The molecule has 4 nitrogen and oxygen atoms in total. The molecule has 0 radical (unpaired) electrons. The monoisotopic (exact) mass is 193 g/mol. The maximum atomic E-state index is 11.2. The molecule has 0 amide bonds. The molecule has 74 valence electrons. The van der Waals surface area contributed by atoms with Crippen LogP contribution in [0.3, 0.4) is 0 Å². The van der Waals surface area contributed by atoms with Crippen LogP contribution in [0, 0.1) is 0 Å². The molecule has 0 saturated heterocycles. The van der Waals surface area contributed by atoms with Gasteiger partial charge in [0.25, 0.3) is 0 Å². The van der Waals surface area contributed by atoms with Gasteiger partial charge in [-0.1, -0.05) is 12.1 Å². The van der Waals surface area contributed by atoms with Gasteiger partial charge in [-0.2, -0.15) is 0 Å². The van der Waals surface area contributed by atoms with Crippen LogP contribution in [0.15, 0.2) is 24.3 Å². The first kappa shape index (κ1) is 10.4. The summed E-state index contributed by atoms with van der Waals surface area (Å²) in [5.41, 5.74) is 6.76. The second-order valence-corrected chi connectivity index (χ2v) is 2.67. The van der Waals surface area contributed by atoms with E-state index in [2.05, 4.69) is 4.74 Å². The van der Waals surface area contributed by atoms with Gasteiger partial charge in [0.05, 0.1) is 5.56 Å². The summed E-state index contributed by atoms with van der Waals surface area (Å²) in [5.74, 6) is -0.499. The van der Waals surface area contributed by atoms with Gasteiger partial charge in [-0.05, 0) is 17.7 Å². The highest BCUT2D eigenvalue weighted by molar-refractivity contribution is 5.90. The highest BCUT2D eigenvalue weighted by atomic mass is 16.5. The smallest absolute Gasteiger partial charge is 0.338 e. The van der Waals surface area contributed by atoms with E-state index in [1.807, 2.05) is 0 Å². The van der Waals surface area contributed by atoms with Gasteiger partial charge in [-0.25, -0.2) is 4.79 Å². The van der Waals surface area contributed by atoms with Gasteiger partial charge in [-0.3, -0.25) is 4.79 Å². The lowest BCUT2D eigenvalue weighted by Gasteiger charge is -2.01. The lowest BCUT2D eigenvalue weighted by molar-refractivity contribution is -0.110. The van der Waals surface area contributed by atoms with E-state index in [1.54, 1.807) is 24.3 Å². The normalized spacial score (nSPS) is 9.50. The number of rotatable bonds is 4. The van der Waals surface area contributed by atoms with Crippen molar-refractivity contribution in [2.24, 2.45) is 5.73 Å². The molecule has 4 heteroatoms. The van der Waals surface area contributed by atoms with Crippen molar-refractivity contribution in [3.8, 4) is 0 Å². The van der Waals surface area contributed by atoms with Crippen LogP contribution in [-0.4, -0.2) is 18.9 Å². The molecule has 0 fully saturated rings. The Kier molecular flexibility index (Phi) is 3.82. The molecule has 0 heterocycles. The van der Waals surface area contributed by atoms with E-state index in [-0.39, 0.29) is 6.61 Å². The fraction of sp³-hybridized carbons (Fsp3) is 0.200. The molecule has 0 aliphatic heterocycles. The van der Waals surface area contributed by atoms with Crippen molar-refractivity contribution in [3.63, 3.8) is 0 Å². The number of carbonyl (C=O) groups excluding carboxylic acids is 2. The van der Waals surface area contributed by atoms with Gasteiger partial charge < -0.3 is 10.5 Å². The molecule has 0 unspecified atom stereocenters. The minimum atomic E-state index is -0.499. The predicted octanol–water partition coefficient (Wildman–Crippen LogP) is 0.501. The Morgan fingerprint density at radius 3 is 2.50 bits per heavy atom. The minimum Gasteiger partial charge on any atom is -0.454 e. The number of esters is 1. The van der Waals surface area contributed by atoms with E-state index in [4.69, 9.17) is 5.73 Å². The zero-order valence-corrected chi connectivity index (χ0v) is 7.60. The van der Waals surface area contributed by atoms with Crippen LogP contribution in [0.4, 0.5) is 0 Å². The van der Waals surface area contributed by atoms with Crippen molar-refractivity contribution in [3.05, 3.63) is 35.4 Å². The number of hydrogen-bond acceptors (Lipinski definition) is 4. The maximum absolute atomic E-state index is 11.2. The topological polar surface area (TPSA) is 69.4 Å². The van der Waals surface area contributed by atoms with E-state index in [1.165, 1.54) is 0 Å². The number of ether oxygens (including phenoxy) is 1. The van der Waals surface area contributed by atoms with Crippen molar-refractivity contribution < 1.29 is 14.3 Å². The third kappa shape index (κ3) is 2.67. The third-order valence-corrected chi connectivity index (χ3v) is 1.71. The number of nitrogens with two attached hydrogens (primary N) is 1. The maximum Gasteiger partial charge on any atom is 0.338 e. The van der Waals surface area contributed by atoms with Gasteiger partial charge in [0.1, 0.15) is 6.61 Å².